The molecule has 26 heavy (non-hydrogen) atoms. The van der Waals surface area contributed by atoms with Gasteiger partial charge in [-0.05, 0) is 62.4 Å². The lowest BCUT2D eigenvalue weighted by Gasteiger charge is -2.17. The van der Waals surface area contributed by atoms with E-state index >= 15 is 0 Å². The first-order chi connectivity index (χ1) is 12.5. The number of rotatable bonds is 10. The molecule has 0 N–H and O–H groups in total. The van der Waals surface area contributed by atoms with Gasteiger partial charge in [-0.3, -0.25) is 4.79 Å². The lowest BCUT2D eigenvalue weighted by molar-refractivity contribution is -0.130. The van der Waals surface area contributed by atoms with Gasteiger partial charge in [0.1, 0.15) is 5.75 Å². The first-order valence-corrected chi connectivity index (χ1v) is 9.60. The summed E-state index contributed by atoms with van der Waals surface area (Å²) in [6.45, 7) is 3.51. The molecular formula is C22H28ClNO2. The Balaban J connectivity index is 1.55. The molecule has 2 aromatic rings. The van der Waals surface area contributed by atoms with Gasteiger partial charge in [-0.1, -0.05) is 41.4 Å². The van der Waals surface area contributed by atoms with Gasteiger partial charge in [0, 0.05) is 25.0 Å². The lowest BCUT2D eigenvalue weighted by Crippen LogP contribution is -2.27. The number of nitrogens with zero attached hydrogens (tertiary/aromatic N) is 1. The van der Waals surface area contributed by atoms with Gasteiger partial charge in [0.2, 0.25) is 5.91 Å². The third-order valence-electron chi connectivity index (χ3n) is 4.37. The van der Waals surface area contributed by atoms with Gasteiger partial charge < -0.3 is 9.64 Å². The van der Waals surface area contributed by atoms with Crippen LogP contribution in [0.3, 0.4) is 0 Å². The Kier molecular flexibility index (Phi) is 8.49. The maximum absolute atomic E-state index is 12.2. The second kappa shape index (κ2) is 10.9. The van der Waals surface area contributed by atoms with Crippen molar-refractivity contribution in [3.63, 3.8) is 0 Å². The van der Waals surface area contributed by atoms with Crippen molar-refractivity contribution in [3.05, 3.63) is 64.7 Å². The molecule has 2 rings (SSSR count). The maximum atomic E-state index is 12.2. The monoisotopic (exact) mass is 373 g/mol. The highest BCUT2D eigenvalue weighted by Gasteiger charge is 2.08. The van der Waals surface area contributed by atoms with Crippen molar-refractivity contribution in [1.29, 1.82) is 0 Å². The highest BCUT2D eigenvalue weighted by molar-refractivity contribution is 6.30. The van der Waals surface area contributed by atoms with Crippen LogP contribution in [0, 0.1) is 6.92 Å². The molecule has 0 aromatic heterocycles. The number of benzene rings is 2. The molecule has 0 aliphatic heterocycles. The first kappa shape index (κ1) is 20.3. The summed E-state index contributed by atoms with van der Waals surface area (Å²) in [6, 6.07) is 15.9. The van der Waals surface area contributed by atoms with E-state index < -0.39 is 0 Å². The van der Waals surface area contributed by atoms with Crippen molar-refractivity contribution >= 4 is 17.5 Å². The van der Waals surface area contributed by atoms with Crippen molar-refractivity contribution in [2.24, 2.45) is 0 Å². The van der Waals surface area contributed by atoms with Crippen LogP contribution in [0.15, 0.2) is 48.5 Å². The largest absolute Gasteiger partial charge is 0.494 e. The van der Waals surface area contributed by atoms with E-state index in [1.165, 1.54) is 11.1 Å². The fraction of sp³-hybridized carbons (Fsp3) is 0.409. The molecule has 1 amide bonds. The Labute approximate surface area is 161 Å². The zero-order chi connectivity index (χ0) is 18.8. The second-order valence-electron chi connectivity index (χ2n) is 6.66. The summed E-state index contributed by atoms with van der Waals surface area (Å²) in [4.78, 5) is 14.0. The van der Waals surface area contributed by atoms with Crippen molar-refractivity contribution in [3.8, 4) is 5.75 Å². The zero-order valence-corrected chi connectivity index (χ0v) is 16.5. The number of carbonyl (C=O) groups is 1. The molecule has 140 valence electrons. The topological polar surface area (TPSA) is 29.5 Å². The molecule has 0 radical (unpaired) electrons. The smallest absolute Gasteiger partial charge is 0.222 e. The van der Waals surface area contributed by atoms with Crippen LogP contribution in [0.5, 0.6) is 5.75 Å². The van der Waals surface area contributed by atoms with E-state index in [0.29, 0.717) is 18.1 Å². The van der Waals surface area contributed by atoms with E-state index in [4.69, 9.17) is 16.3 Å². The van der Waals surface area contributed by atoms with Crippen LogP contribution in [0.1, 0.15) is 36.8 Å². The van der Waals surface area contributed by atoms with E-state index in [2.05, 4.69) is 31.2 Å². The fourth-order valence-corrected chi connectivity index (χ4v) is 2.81. The van der Waals surface area contributed by atoms with Crippen molar-refractivity contribution in [2.45, 2.75) is 39.0 Å². The molecule has 4 heteroatoms. The van der Waals surface area contributed by atoms with Gasteiger partial charge in [0.05, 0.1) is 6.61 Å². The minimum absolute atomic E-state index is 0.218. The number of hydrogen-bond donors (Lipinski definition) is 0. The van der Waals surface area contributed by atoms with Crippen LogP contribution in [0.4, 0.5) is 0 Å². The van der Waals surface area contributed by atoms with Crippen LogP contribution in [-0.4, -0.2) is 31.0 Å². The molecule has 0 saturated heterocycles. The summed E-state index contributed by atoms with van der Waals surface area (Å²) in [6.07, 6.45) is 4.31. The Morgan fingerprint density at radius 1 is 1.00 bits per heavy atom. The van der Waals surface area contributed by atoms with Gasteiger partial charge in [-0.15, -0.1) is 0 Å². The first-order valence-electron chi connectivity index (χ1n) is 9.22. The highest BCUT2D eigenvalue weighted by Crippen LogP contribution is 2.15. The molecule has 2 aromatic carbocycles. The van der Waals surface area contributed by atoms with Gasteiger partial charge >= 0.3 is 0 Å². The van der Waals surface area contributed by atoms with Crippen molar-refractivity contribution in [1.82, 2.24) is 4.90 Å². The second-order valence-corrected chi connectivity index (χ2v) is 7.10. The summed E-state index contributed by atoms with van der Waals surface area (Å²) in [5, 5.41) is 0.708. The lowest BCUT2D eigenvalue weighted by atomic mass is 10.1. The van der Waals surface area contributed by atoms with Crippen LogP contribution in [0.25, 0.3) is 0 Å². The average molecular weight is 374 g/mol. The van der Waals surface area contributed by atoms with Gasteiger partial charge in [0.15, 0.2) is 0 Å². The molecule has 0 unspecified atom stereocenters. The number of hydrogen-bond acceptors (Lipinski definition) is 2. The molecular weight excluding hydrogens is 346 g/mol. The zero-order valence-electron chi connectivity index (χ0n) is 15.7. The molecule has 0 fully saturated rings. The standard InChI is InChI=1S/C22H28ClNO2/c1-18-8-10-19(11-9-18)6-5-7-22(25)24(2)16-3-4-17-26-21-14-12-20(23)13-15-21/h8-15H,3-7,16-17H2,1-2H3. The summed E-state index contributed by atoms with van der Waals surface area (Å²) >= 11 is 5.84. The predicted octanol–water partition coefficient (Wildman–Crippen LogP) is 5.29. The summed E-state index contributed by atoms with van der Waals surface area (Å²) in [7, 11) is 1.88. The number of aryl methyl sites for hydroxylation is 2. The SMILES string of the molecule is Cc1ccc(CCCC(=O)N(C)CCCCOc2ccc(Cl)cc2)cc1. The minimum Gasteiger partial charge on any atom is -0.494 e. The highest BCUT2D eigenvalue weighted by atomic mass is 35.5. The molecule has 3 nitrogen and oxygen atoms in total. The molecule has 0 heterocycles. The number of ether oxygens (including phenoxy) is 1. The van der Waals surface area contributed by atoms with Gasteiger partial charge in [-0.2, -0.15) is 0 Å². The fourth-order valence-electron chi connectivity index (χ4n) is 2.69. The molecule has 0 aliphatic carbocycles. The maximum Gasteiger partial charge on any atom is 0.222 e. The Bertz CT molecular complexity index is 668. The van der Waals surface area contributed by atoms with Crippen LogP contribution in [-0.2, 0) is 11.2 Å². The average Bonchev–Trinajstić information content (AvgIpc) is 2.64. The van der Waals surface area contributed by atoms with Crippen molar-refractivity contribution in [2.75, 3.05) is 20.2 Å². The number of halogens is 1. The third kappa shape index (κ3) is 7.49. The Morgan fingerprint density at radius 2 is 1.69 bits per heavy atom. The number of amides is 1. The normalized spacial score (nSPS) is 10.6. The molecule has 0 bridgehead atoms. The van der Waals surface area contributed by atoms with Crippen LogP contribution in [0.2, 0.25) is 5.02 Å². The number of carbonyl (C=O) groups excluding carboxylic acids is 1. The summed E-state index contributed by atoms with van der Waals surface area (Å²) < 4.78 is 5.66. The molecule has 0 spiro atoms. The molecule has 0 aliphatic rings. The predicted molar refractivity (Wildman–Crippen MR) is 108 cm³/mol. The van der Waals surface area contributed by atoms with Gasteiger partial charge in [-0.25, -0.2) is 0 Å². The summed E-state index contributed by atoms with van der Waals surface area (Å²) in [5.41, 5.74) is 2.56. The Hall–Kier alpha value is -2.00. The van der Waals surface area contributed by atoms with Crippen molar-refractivity contribution < 1.29 is 9.53 Å². The third-order valence-corrected chi connectivity index (χ3v) is 4.62. The van der Waals surface area contributed by atoms with E-state index in [-0.39, 0.29) is 5.91 Å². The van der Waals surface area contributed by atoms with E-state index in [0.717, 1.165) is 38.0 Å². The number of unbranched alkanes of at least 4 members (excludes halogenated alkanes) is 1. The van der Waals surface area contributed by atoms with Crippen LogP contribution < -0.4 is 4.74 Å². The van der Waals surface area contributed by atoms with E-state index in [1.807, 2.05) is 36.2 Å². The van der Waals surface area contributed by atoms with E-state index in [1.54, 1.807) is 0 Å². The molecule has 0 saturated carbocycles. The Morgan fingerprint density at radius 3 is 2.38 bits per heavy atom. The summed E-state index contributed by atoms with van der Waals surface area (Å²) in [5.74, 6) is 1.05. The minimum atomic E-state index is 0.218. The van der Waals surface area contributed by atoms with Crippen LogP contribution >= 0.6 is 11.6 Å². The van der Waals surface area contributed by atoms with Gasteiger partial charge in [0.25, 0.3) is 0 Å². The van der Waals surface area contributed by atoms with E-state index in [9.17, 15) is 4.79 Å². The molecule has 0 atom stereocenters. The quantitative estimate of drug-likeness (QED) is 0.529.